The molecule has 0 spiro atoms. The van der Waals surface area contributed by atoms with Crippen molar-refractivity contribution in [3.8, 4) is 5.75 Å². The van der Waals surface area contributed by atoms with Crippen molar-refractivity contribution >= 4 is 23.2 Å². The molecule has 102 valence electrons. The van der Waals surface area contributed by atoms with Crippen LogP contribution in [0.25, 0.3) is 0 Å². The Balaban J connectivity index is 2.79. The fraction of sp³-hybridized carbons (Fsp3) is 0.571. The van der Waals surface area contributed by atoms with E-state index >= 15 is 0 Å². The second-order valence-electron chi connectivity index (χ2n) is 4.61. The Morgan fingerprint density at radius 3 is 2.61 bits per heavy atom. The zero-order valence-corrected chi connectivity index (χ0v) is 12.5. The molecule has 2 N–H and O–H groups in total. The quantitative estimate of drug-likeness (QED) is 0.753. The minimum Gasteiger partial charge on any atom is -0.492 e. The summed E-state index contributed by atoms with van der Waals surface area (Å²) < 4.78 is 5.78. The average Bonchev–Trinajstić information content (AvgIpc) is 2.26. The van der Waals surface area contributed by atoms with Gasteiger partial charge in [0.05, 0.1) is 11.6 Å². The molecule has 0 bridgehead atoms. The molecule has 1 unspecified atom stereocenters. The molecule has 0 aliphatic rings. The largest absolute Gasteiger partial charge is 0.492 e. The van der Waals surface area contributed by atoms with Gasteiger partial charge < -0.3 is 10.5 Å². The Morgan fingerprint density at radius 1 is 1.28 bits per heavy atom. The van der Waals surface area contributed by atoms with Crippen molar-refractivity contribution in [2.24, 2.45) is 5.73 Å². The van der Waals surface area contributed by atoms with Gasteiger partial charge >= 0.3 is 0 Å². The van der Waals surface area contributed by atoms with Crippen molar-refractivity contribution in [1.82, 2.24) is 0 Å². The number of halogens is 2. The van der Waals surface area contributed by atoms with E-state index in [4.69, 9.17) is 33.7 Å². The van der Waals surface area contributed by atoms with Crippen molar-refractivity contribution in [2.45, 2.75) is 45.6 Å². The second kappa shape index (κ2) is 7.88. The van der Waals surface area contributed by atoms with Crippen LogP contribution < -0.4 is 10.5 Å². The normalized spacial score (nSPS) is 12.5. The molecule has 0 radical (unpaired) electrons. The fourth-order valence-corrected chi connectivity index (χ4v) is 2.39. The van der Waals surface area contributed by atoms with Gasteiger partial charge in [0.1, 0.15) is 5.75 Å². The van der Waals surface area contributed by atoms with E-state index in [2.05, 4.69) is 6.92 Å². The summed E-state index contributed by atoms with van der Waals surface area (Å²) in [6, 6.07) is 3.65. The zero-order valence-electron chi connectivity index (χ0n) is 11.0. The van der Waals surface area contributed by atoms with Gasteiger partial charge in [0.2, 0.25) is 0 Å². The molecule has 0 heterocycles. The van der Waals surface area contributed by atoms with E-state index in [0.717, 1.165) is 24.2 Å². The van der Waals surface area contributed by atoms with E-state index in [9.17, 15) is 0 Å². The summed E-state index contributed by atoms with van der Waals surface area (Å²) in [6.07, 6.45) is 4.08. The van der Waals surface area contributed by atoms with Crippen molar-refractivity contribution in [3.63, 3.8) is 0 Å². The van der Waals surface area contributed by atoms with Crippen molar-refractivity contribution < 1.29 is 4.74 Å². The number of ether oxygens (including phenoxy) is 1. The Morgan fingerprint density at radius 2 is 2.00 bits per heavy atom. The first-order chi connectivity index (χ1) is 8.54. The van der Waals surface area contributed by atoms with Crippen LogP contribution in [0.3, 0.4) is 0 Å². The highest BCUT2D eigenvalue weighted by atomic mass is 35.5. The lowest BCUT2D eigenvalue weighted by atomic mass is 10.1. The predicted octanol–water partition coefficient (Wildman–Crippen LogP) is 4.45. The number of rotatable bonds is 7. The smallest absolute Gasteiger partial charge is 0.141 e. The highest BCUT2D eigenvalue weighted by molar-refractivity contribution is 6.35. The topological polar surface area (TPSA) is 35.2 Å². The monoisotopic (exact) mass is 289 g/mol. The van der Waals surface area contributed by atoms with Crippen LogP contribution in [0.5, 0.6) is 5.75 Å². The maximum absolute atomic E-state index is 6.18. The fourth-order valence-electron chi connectivity index (χ4n) is 1.80. The first-order valence-electron chi connectivity index (χ1n) is 6.41. The highest BCUT2D eigenvalue weighted by Gasteiger charge is 2.12. The molecule has 0 aromatic heterocycles. The van der Waals surface area contributed by atoms with Gasteiger partial charge in [-0.05, 0) is 37.5 Å². The van der Waals surface area contributed by atoms with Crippen LogP contribution in [0, 0.1) is 0 Å². The maximum atomic E-state index is 6.18. The lowest BCUT2D eigenvalue weighted by molar-refractivity contribution is 0.303. The molecule has 0 saturated carbocycles. The standard InChI is InChI=1S/C14H21Cl2NO/c1-3-4-5-6-18-14-11(7-10(2)17)8-12(15)9-13(14)16/h8-10H,3-7,17H2,1-2H3. The second-order valence-corrected chi connectivity index (χ2v) is 5.46. The SMILES string of the molecule is CCCCCOc1c(Cl)cc(Cl)cc1CC(C)N. The molecule has 1 atom stereocenters. The molecule has 1 aromatic rings. The number of hydrogen-bond acceptors (Lipinski definition) is 2. The summed E-state index contributed by atoms with van der Waals surface area (Å²) in [5.74, 6) is 0.731. The summed E-state index contributed by atoms with van der Waals surface area (Å²) in [5, 5.41) is 1.19. The Kier molecular flexibility index (Phi) is 6.83. The van der Waals surface area contributed by atoms with Crippen LogP contribution in [0.15, 0.2) is 12.1 Å². The number of nitrogens with two attached hydrogens (primary N) is 1. The van der Waals surface area contributed by atoms with Gasteiger partial charge in [0.15, 0.2) is 0 Å². The van der Waals surface area contributed by atoms with E-state index in [1.54, 1.807) is 6.07 Å². The van der Waals surface area contributed by atoms with Crippen LogP contribution in [0.4, 0.5) is 0 Å². The average molecular weight is 290 g/mol. The van der Waals surface area contributed by atoms with Crippen LogP contribution in [0.1, 0.15) is 38.7 Å². The van der Waals surface area contributed by atoms with Crippen LogP contribution in [0.2, 0.25) is 10.0 Å². The molecule has 0 saturated heterocycles. The van der Waals surface area contributed by atoms with E-state index in [1.807, 2.05) is 13.0 Å². The highest BCUT2D eigenvalue weighted by Crippen LogP contribution is 2.33. The van der Waals surface area contributed by atoms with Crippen molar-refractivity contribution in [1.29, 1.82) is 0 Å². The predicted molar refractivity (Wildman–Crippen MR) is 78.8 cm³/mol. The van der Waals surface area contributed by atoms with Crippen molar-refractivity contribution in [3.05, 3.63) is 27.7 Å². The van der Waals surface area contributed by atoms with Crippen LogP contribution in [-0.4, -0.2) is 12.6 Å². The summed E-state index contributed by atoms with van der Waals surface area (Å²) >= 11 is 12.2. The van der Waals surface area contributed by atoms with E-state index < -0.39 is 0 Å². The first kappa shape index (κ1) is 15.6. The minimum absolute atomic E-state index is 0.0533. The molecular formula is C14H21Cl2NO. The number of benzene rings is 1. The number of hydrogen-bond donors (Lipinski definition) is 1. The third-order valence-electron chi connectivity index (χ3n) is 2.62. The molecular weight excluding hydrogens is 269 g/mol. The molecule has 0 aliphatic carbocycles. The van der Waals surface area contributed by atoms with Gasteiger partial charge in [-0.3, -0.25) is 0 Å². The molecule has 0 aliphatic heterocycles. The molecule has 0 fully saturated rings. The Bertz CT molecular complexity index is 380. The summed E-state index contributed by atoms with van der Waals surface area (Å²) in [6.45, 7) is 4.80. The molecule has 2 nitrogen and oxygen atoms in total. The van der Waals surface area contributed by atoms with E-state index in [1.165, 1.54) is 6.42 Å². The van der Waals surface area contributed by atoms with Crippen LogP contribution in [-0.2, 0) is 6.42 Å². The zero-order chi connectivity index (χ0) is 13.5. The Hall–Kier alpha value is -0.440. The molecule has 18 heavy (non-hydrogen) atoms. The lowest BCUT2D eigenvalue weighted by Crippen LogP contribution is -2.18. The Labute approximate surface area is 119 Å². The lowest BCUT2D eigenvalue weighted by Gasteiger charge is -2.15. The van der Waals surface area contributed by atoms with Gasteiger partial charge in [-0.2, -0.15) is 0 Å². The first-order valence-corrected chi connectivity index (χ1v) is 7.16. The summed E-state index contributed by atoms with van der Waals surface area (Å²) in [5.41, 5.74) is 6.81. The van der Waals surface area contributed by atoms with Gasteiger partial charge in [-0.1, -0.05) is 43.0 Å². The molecule has 0 amide bonds. The minimum atomic E-state index is 0.0533. The third-order valence-corrected chi connectivity index (χ3v) is 3.12. The van der Waals surface area contributed by atoms with Gasteiger partial charge in [0.25, 0.3) is 0 Å². The number of unbranched alkanes of at least 4 members (excludes halogenated alkanes) is 2. The van der Waals surface area contributed by atoms with E-state index in [0.29, 0.717) is 23.1 Å². The van der Waals surface area contributed by atoms with Gasteiger partial charge in [-0.25, -0.2) is 0 Å². The van der Waals surface area contributed by atoms with Crippen molar-refractivity contribution in [2.75, 3.05) is 6.61 Å². The van der Waals surface area contributed by atoms with Crippen LogP contribution >= 0.6 is 23.2 Å². The summed E-state index contributed by atoms with van der Waals surface area (Å²) in [4.78, 5) is 0. The molecule has 1 rings (SSSR count). The molecule has 4 heteroatoms. The third kappa shape index (κ3) is 5.05. The van der Waals surface area contributed by atoms with Gasteiger partial charge in [-0.15, -0.1) is 0 Å². The summed E-state index contributed by atoms with van der Waals surface area (Å²) in [7, 11) is 0. The maximum Gasteiger partial charge on any atom is 0.141 e. The van der Waals surface area contributed by atoms with E-state index in [-0.39, 0.29) is 6.04 Å². The van der Waals surface area contributed by atoms with Gasteiger partial charge in [0, 0.05) is 11.1 Å². The molecule has 1 aromatic carbocycles.